The average molecular weight is 358 g/mol. The Kier molecular flexibility index (Phi) is 4.42. The summed E-state index contributed by atoms with van der Waals surface area (Å²) in [6.07, 6.45) is 1.77. The number of benzene rings is 3. The van der Waals surface area contributed by atoms with E-state index < -0.39 is 5.60 Å². The van der Waals surface area contributed by atoms with Gasteiger partial charge in [0, 0.05) is 5.56 Å². The first-order valence-corrected chi connectivity index (χ1v) is 9.00. The molecule has 3 aromatic rings. The lowest BCUT2D eigenvalue weighted by molar-refractivity contribution is 0.158. The quantitative estimate of drug-likeness (QED) is 0.730. The summed E-state index contributed by atoms with van der Waals surface area (Å²) < 4.78 is 5.20. The summed E-state index contributed by atoms with van der Waals surface area (Å²) >= 11 is 0. The van der Waals surface area contributed by atoms with Crippen molar-refractivity contribution in [2.75, 3.05) is 7.11 Å². The minimum atomic E-state index is -1.37. The monoisotopic (exact) mass is 358 g/mol. The third kappa shape index (κ3) is 3.09. The van der Waals surface area contributed by atoms with Crippen LogP contribution in [0.15, 0.2) is 77.8 Å². The first-order valence-electron chi connectivity index (χ1n) is 9.00. The Bertz CT molecular complexity index is 981. The fourth-order valence-electron chi connectivity index (χ4n) is 3.54. The van der Waals surface area contributed by atoms with E-state index in [1.54, 1.807) is 7.11 Å². The Morgan fingerprint density at radius 2 is 1.59 bits per heavy atom. The second-order valence-corrected chi connectivity index (χ2v) is 6.77. The highest BCUT2D eigenvalue weighted by atomic mass is 16.5. The van der Waals surface area contributed by atoms with E-state index in [2.05, 4.69) is 23.2 Å². The molecular weight excluding hydrogens is 336 g/mol. The number of ether oxygens (including phenoxy) is 1. The maximum Gasteiger partial charge on any atom is 0.174 e. The van der Waals surface area contributed by atoms with E-state index in [9.17, 15) is 5.11 Å². The van der Waals surface area contributed by atoms with E-state index in [0.717, 1.165) is 41.0 Å². The van der Waals surface area contributed by atoms with Crippen molar-refractivity contribution in [1.29, 1.82) is 0 Å². The lowest BCUT2D eigenvalue weighted by Crippen LogP contribution is -2.39. The zero-order valence-corrected chi connectivity index (χ0v) is 15.2. The van der Waals surface area contributed by atoms with Crippen LogP contribution in [-0.4, -0.2) is 18.1 Å². The van der Waals surface area contributed by atoms with E-state index in [-0.39, 0.29) is 5.84 Å². The highest BCUT2D eigenvalue weighted by Gasteiger charge is 2.42. The molecule has 1 aliphatic rings. The smallest absolute Gasteiger partial charge is 0.174 e. The molecule has 4 nitrogen and oxygen atoms in total. The van der Waals surface area contributed by atoms with Gasteiger partial charge in [-0.15, -0.1) is 0 Å². The molecule has 0 bridgehead atoms. The Morgan fingerprint density at radius 1 is 0.926 bits per heavy atom. The molecule has 0 fully saturated rings. The first-order chi connectivity index (χ1) is 13.1. The summed E-state index contributed by atoms with van der Waals surface area (Å²) in [6.45, 7) is 0. The van der Waals surface area contributed by atoms with Crippen molar-refractivity contribution in [3.63, 3.8) is 0 Å². The summed E-state index contributed by atoms with van der Waals surface area (Å²) in [6, 6.07) is 23.6. The SMILES string of the molecule is COc1ccc(CCc2ccc3c(c2)C(O)(c2ccccc2)C(N)=N3)cc1. The molecule has 0 saturated carbocycles. The zero-order chi connectivity index (χ0) is 18.9. The summed E-state index contributed by atoms with van der Waals surface area (Å²) in [7, 11) is 1.67. The van der Waals surface area contributed by atoms with Crippen LogP contribution in [0.2, 0.25) is 0 Å². The van der Waals surface area contributed by atoms with Crippen molar-refractivity contribution in [2.24, 2.45) is 10.7 Å². The molecule has 0 amide bonds. The van der Waals surface area contributed by atoms with Crippen molar-refractivity contribution >= 4 is 11.5 Å². The maximum absolute atomic E-state index is 11.4. The molecular formula is C23H22N2O2. The zero-order valence-electron chi connectivity index (χ0n) is 15.2. The van der Waals surface area contributed by atoms with Gasteiger partial charge in [0.05, 0.1) is 12.8 Å². The van der Waals surface area contributed by atoms with Crippen LogP contribution in [0.4, 0.5) is 5.69 Å². The Hall–Kier alpha value is -3.11. The molecule has 0 aromatic heterocycles. The van der Waals surface area contributed by atoms with Gasteiger partial charge in [-0.1, -0.05) is 48.5 Å². The normalized spacial score (nSPS) is 18.1. The fraction of sp³-hybridized carbons (Fsp3) is 0.174. The number of hydrogen-bond donors (Lipinski definition) is 2. The molecule has 0 saturated heterocycles. The Balaban J connectivity index is 1.60. The lowest BCUT2D eigenvalue weighted by atomic mass is 9.85. The molecule has 1 atom stereocenters. The van der Waals surface area contributed by atoms with Gasteiger partial charge in [0.2, 0.25) is 0 Å². The number of methoxy groups -OCH3 is 1. The number of hydrogen-bond acceptors (Lipinski definition) is 4. The summed E-state index contributed by atoms with van der Waals surface area (Å²) in [5.74, 6) is 1.08. The van der Waals surface area contributed by atoms with Crippen LogP contribution in [0.1, 0.15) is 22.3 Å². The van der Waals surface area contributed by atoms with E-state index >= 15 is 0 Å². The van der Waals surface area contributed by atoms with Crippen LogP contribution in [0.5, 0.6) is 5.75 Å². The van der Waals surface area contributed by atoms with Crippen molar-refractivity contribution < 1.29 is 9.84 Å². The number of nitrogens with zero attached hydrogens (tertiary/aromatic N) is 1. The number of nitrogens with two attached hydrogens (primary N) is 1. The summed E-state index contributed by atoms with van der Waals surface area (Å²) in [5.41, 5.74) is 9.35. The number of rotatable bonds is 5. The number of aliphatic imine (C=N–C) groups is 1. The predicted octanol–water partition coefficient (Wildman–Crippen LogP) is 3.72. The molecule has 4 rings (SSSR count). The molecule has 4 heteroatoms. The van der Waals surface area contributed by atoms with Gasteiger partial charge in [0.1, 0.15) is 11.6 Å². The highest BCUT2D eigenvalue weighted by molar-refractivity contribution is 6.00. The minimum absolute atomic E-state index is 0.219. The molecule has 1 aliphatic heterocycles. The minimum Gasteiger partial charge on any atom is -0.497 e. The van der Waals surface area contributed by atoms with Crippen molar-refractivity contribution in [3.8, 4) is 5.75 Å². The average Bonchev–Trinajstić information content (AvgIpc) is 2.98. The largest absolute Gasteiger partial charge is 0.497 e. The van der Waals surface area contributed by atoms with Gasteiger partial charge in [-0.2, -0.15) is 0 Å². The second-order valence-electron chi connectivity index (χ2n) is 6.77. The molecule has 136 valence electrons. The fourth-order valence-corrected chi connectivity index (χ4v) is 3.54. The van der Waals surface area contributed by atoms with E-state index in [0.29, 0.717) is 0 Å². The van der Waals surface area contributed by atoms with E-state index in [4.69, 9.17) is 10.5 Å². The summed E-state index contributed by atoms with van der Waals surface area (Å²) in [5, 5.41) is 11.4. The Labute approximate surface area is 159 Å². The van der Waals surface area contributed by atoms with E-state index in [1.165, 1.54) is 5.56 Å². The predicted molar refractivity (Wildman–Crippen MR) is 108 cm³/mol. The number of aliphatic hydroxyl groups is 1. The van der Waals surface area contributed by atoms with Crippen LogP contribution in [0.25, 0.3) is 0 Å². The molecule has 3 N–H and O–H groups in total. The highest BCUT2D eigenvalue weighted by Crippen LogP contribution is 2.42. The Morgan fingerprint density at radius 3 is 2.30 bits per heavy atom. The van der Waals surface area contributed by atoms with Crippen LogP contribution < -0.4 is 10.5 Å². The number of fused-ring (bicyclic) bond motifs is 1. The maximum atomic E-state index is 11.4. The van der Waals surface area contributed by atoms with Crippen molar-refractivity contribution in [2.45, 2.75) is 18.4 Å². The third-order valence-electron chi connectivity index (χ3n) is 5.12. The van der Waals surface area contributed by atoms with Gasteiger partial charge < -0.3 is 15.6 Å². The van der Waals surface area contributed by atoms with Gasteiger partial charge in [0.15, 0.2) is 5.60 Å². The van der Waals surface area contributed by atoms with Crippen LogP contribution in [0.3, 0.4) is 0 Å². The first kappa shape index (κ1) is 17.3. The molecule has 0 aliphatic carbocycles. The van der Waals surface area contributed by atoms with Crippen molar-refractivity contribution in [3.05, 3.63) is 95.1 Å². The van der Waals surface area contributed by atoms with Gasteiger partial charge in [-0.05, 0) is 53.8 Å². The number of amidine groups is 1. The molecule has 27 heavy (non-hydrogen) atoms. The second kappa shape index (κ2) is 6.89. The van der Waals surface area contributed by atoms with Gasteiger partial charge in [0.25, 0.3) is 0 Å². The lowest BCUT2D eigenvalue weighted by Gasteiger charge is -2.25. The summed E-state index contributed by atoms with van der Waals surface area (Å²) in [4.78, 5) is 4.39. The van der Waals surface area contributed by atoms with Crippen LogP contribution >= 0.6 is 0 Å². The molecule has 1 heterocycles. The number of aryl methyl sites for hydroxylation is 2. The third-order valence-corrected chi connectivity index (χ3v) is 5.12. The molecule has 1 unspecified atom stereocenters. The standard InChI is InChI=1S/C23H22N2O2/c1-27-19-12-9-16(10-13-19)7-8-17-11-14-21-20(15-17)23(26,22(24)25-21)18-5-3-2-4-6-18/h2-6,9-15,26H,7-8H2,1H3,(H2,24,25). The molecule has 0 radical (unpaired) electrons. The topological polar surface area (TPSA) is 67.8 Å². The molecule has 3 aromatic carbocycles. The molecule has 0 spiro atoms. The van der Waals surface area contributed by atoms with Crippen LogP contribution in [-0.2, 0) is 18.4 Å². The van der Waals surface area contributed by atoms with Gasteiger partial charge >= 0.3 is 0 Å². The van der Waals surface area contributed by atoms with E-state index in [1.807, 2.05) is 54.6 Å². The van der Waals surface area contributed by atoms with Crippen LogP contribution in [0, 0.1) is 0 Å². The van der Waals surface area contributed by atoms with Gasteiger partial charge in [-0.3, -0.25) is 0 Å². The van der Waals surface area contributed by atoms with Gasteiger partial charge in [-0.25, -0.2) is 4.99 Å². The van der Waals surface area contributed by atoms with Crippen molar-refractivity contribution in [1.82, 2.24) is 0 Å².